The fourth-order valence-corrected chi connectivity index (χ4v) is 3.31. The lowest BCUT2D eigenvalue weighted by atomic mass is 9.93. The standard InChI is InChI=1S/C21H25NO4.ClH/c1-23-18-8-6-14(11-19(18)24-2)5-7-17-16-13-21(26-4)20(25-3)12-15(16)9-10-22-17;/h6,8,11-13H,5,7,9-10H2,1-4H3;1H. The molecule has 0 saturated heterocycles. The number of nitrogens with zero attached hydrogens (tertiary/aromatic N) is 1. The second kappa shape index (κ2) is 9.51. The lowest BCUT2D eigenvalue weighted by Gasteiger charge is -2.20. The summed E-state index contributed by atoms with van der Waals surface area (Å²) in [5, 5.41) is 0. The van der Waals surface area contributed by atoms with E-state index in [0.717, 1.165) is 60.1 Å². The molecule has 0 aliphatic carbocycles. The van der Waals surface area contributed by atoms with E-state index in [4.69, 9.17) is 23.9 Å². The van der Waals surface area contributed by atoms with Crippen LogP contribution in [-0.2, 0) is 12.8 Å². The number of aliphatic imine (C=N–C) groups is 1. The van der Waals surface area contributed by atoms with Gasteiger partial charge < -0.3 is 18.9 Å². The van der Waals surface area contributed by atoms with E-state index in [1.807, 2.05) is 18.2 Å². The fourth-order valence-electron chi connectivity index (χ4n) is 3.31. The van der Waals surface area contributed by atoms with Crippen LogP contribution in [0.2, 0.25) is 0 Å². The molecule has 6 heteroatoms. The minimum Gasteiger partial charge on any atom is -0.493 e. The number of benzene rings is 2. The minimum absolute atomic E-state index is 0. The Morgan fingerprint density at radius 3 is 2.07 bits per heavy atom. The van der Waals surface area contributed by atoms with Gasteiger partial charge in [0.1, 0.15) is 0 Å². The fraction of sp³-hybridized carbons (Fsp3) is 0.381. The topological polar surface area (TPSA) is 49.3 Å². The van der Waals surface area contributed by atoms with Gasteiger partial charge in [0.2, 0.25) is 0 Å². The van der Waals surface area contributed by atoms with Crippen molar-refractivity contribution in [2.75, 3.05) is 35.0 Å². The zero-order chi connectivity index (χ0) is 18.5. The Bertz CT molecular complexity index is 820. The number of aryl methyl sites for hydroxylation is 1. The Morgan fingerprint density at radius 2 is 1.41 bits per heavy atom. The number of hydrogen-bond donors (Lipinski definition) is 0. The number of hydrogen-bond acceptors (Lipinski definition) is 5. The summed E-state index contributed by atoms with van der Waals surface area (Å²) >= 11 is 0. The Balaban J connectivity index is 0.00000261. The summed E-state index contributed by atoms with van der Waals surface area (Å²) in [6.07, 6.45) is 2.67. The van der Waals surface area contributed by atoms with Gasteiger partial charge in [0.05, 0.1) is 28.4 Å². The second-order valence-electron chi connectivity index (χ2n) is 6.13. The molecule has 0 aromatic heterocycles. The van der Waals surface area contributed by atoms with Gasteiger partial charge in [0.25, 0.3) is 0 Å². The van der Waals surface area contributed by atoms with Crippen LogP contribution in [0, 0.1) is 0 Å². The monoisotopic (exact) mass is 391 g/mol. The summed E-state index contributed by atoms with van der Waals surface area (Å²) in [6, 6.07) is 10.1. The van der Waals surface area contributed by atoms with E-state index in [1.165, 1.54) is 11.1 Å². The first-order valence-corrected chi connectivity index (χ1v) is 8.69. The third-order valence-electron chi connectivity index (χ3n) is 4.70. The molecule has 5 nitrogen and oxygen atoms in total. The van der Waals surface area contributed by atoms with Crippen molar-refractivity contribution in [2.24, 2.45) is 4.99 Å². The van der Waals surface area contributed by atoms with Crippen molar-refractivity contribution in [3.63, 3.8) is 0 Å². The van der Waals surface area contributed by atoms with Crippen LogP contribution in [0.5, 0.6) is 23.0 Å². The molecule has 0 atom stereocenters. The van der Waals surface area contributed by atoms with E-state index in [9.17, 15) is 0 Å². The van der Waals surface area contributed by atoms with Gasteiger partial charge in [-0.2, -0.15) is 0 Å². The second-order valence-corrected chi connectivity index (χ2v) is 6.13. The van der Waals surface area contributed by atoms with E-state index in [1.54, 1.807) is 28.4 Å². The van der Waals surface area contributed by atoms with Gasteiger partial charge in [-0.25, -0.2) is 0 Å². The van der Waals surface area contributed by atoms with Crippen LogP contribution in [0.15, 0.2) is 35.3 Å². The lowest BCUT2D eigenvalue weighted by molar-refractivity contribution is 0.354. The quantitative estimate of drug-likeness (QED) is 0.712. The molecule has 1 aliphatic rings. The highest BCUT2D eigenvalue weighted by Crippen LogP contribution is 2.33. The van der Waals surface area contributed by atoms with Crippen LogP contribution < -0.4 is 18.9 Å². The Labute approximate surface area is 166 Å². The highest BCUT2D eigenvalue weighted by Gasteiger charge is 2.18. The first-order valence-electron chi connectivity index (χ1n) is 8.69. The average molecular weight is 392 g/mol. The van der Waals surface area contributed by atoms with Crippen molar-refractivity contribution in [1.29, 1.82) is 0 Å². The molecule has 0 N–H and O–H groups in total. The van der Waals surface area contributed by atoms with E-state index in [0.29, 0.717) is 0 Å². The first-order chi connectivity index (χ1) is 12.7. The van der Waals surface area contributed by atoms with E-state index < -0.39 is 0 Å². The van der Waals surface area contributed by atoms with Gasteiger partial charge >= 0.3 is 0 Å². The van der Waals surface area contributed by atoms with E-state index in [2.05, 4.69) is 12.1 Å². The molecule has 0 radical (unpaired) electrons. The van der Waals surface area contributed by atoms with Crippen molar-refractivity contribution in [3.05, 3.63) is 47.0 Å². The van der Waals surface area contributed by atoms with Crippen molar-refractivity contribution in [1.82, 2.24) is 0 Å². The number of rotatable bonds is 7. The number of ether oxygens (including phenoxy) is 4. The number of methoxy groups -OCH3 is 4. The van der Waals surface area contributed by atoms with Crippen LogP contribution in [0.4, 0.5) is 0 Å². The molecule has 2 aromatic rings. The summed E-state index contributed by atoms with van der Waals surface area (Å²) in [4.78, 5) is 4.76. The molecular weight excluding hydrogens is 366 g/mol. The minimum atomic E-state index is 0. The molecule has 2 aromatic carbocycles. The SMILES string of the molecule is COc1ccc(CCC2=NCCc3cc(OC)c(OC)cc32)cc1OC.Cl. The van der Waals surface area contributed by atoms with Gasteiger partial charge in [-0.05, 0) is 54.7 Å². The summed E-state index contributed by atoms with van der Waals surface area (Å²) in [7, 11) is 6.63. The van der Waals surface area contributed by atoms with Gasteiger partial charge in [-0.1, -0.05) is 6.07 Å². The van der Waals surface area contributed by atoms with Gasteiger partial charge in [0.15, 0.2) is 23.0 Å². The summed E-state index contributed by atoms with van der Waals surface area (Å²) in [6.45, 7) is 0.809. The van der Waals surface area contributed by atoms with Gasteiger partial charge in [-0.3, -0.25) is 4.99 Å². The van der Waals surface area contributed by atoms with Crippen molar-refractivity contribution >= 4 is 18.1 Å². The molecule has 0 fully saturated rings. The first kappa shape index (κ1) is 20.9. The molecule has 146 valence electrons. The molecule has 1 aliphatic heterocycles. The van der Waals surface area contributed by atoms with Gasteiger partial charge in [0, 0.05) is 17.8 Å². The maximum absolute atomic E-state index is 5.46. The maximum Gasteiger partial charge on any atom is 0.161 e. The predicted octanol–water partition coefficient (Wildman–Crippen LogP) is 4.12. The molecule has 27 heavy (non-hydrogen) atoms. The molecule has 0 amide bonds. The van der Waals surface area contributed by atoms with Crippen LogP contribution in [0.25, 0.3) is 0 Å². The molecule has 0 unspecified atom stereocenters. The molecule has 3 rings (SSSR count). The largest absolute Gasteiger partial charge is 0.493 e. The van der Waals surface area contributed by atoms with Crippen molar-refractivity contribution in [3.8, 4) is 23.0 Å². The van der Waals surface area contributed by atoms with Gasteiger partial charge in [-0.15, -0.1) is 12.4 Å². The third kappa shape index (κ3) is 4.48. The van der Waals surface area contributed by atoms with Crippen LogP contribution in [0.3, 0.4) is 0 Å². The molecule has 0 spiro atoms. The highest BCUT2D eigenvalue weighted by atomic mass is 35.5. The smallest absolute Gasteiger partial charge is 0.161 e. The zero-order valence-corrected chi connectivity index (χ0v) is 17.0. The Hall–Kier alpha value is -2.40. The van der Waals surface area contributed by atoms with Crippen LogP contribution >= 0.6 is 12.4 Å². The average Bonchev–Trinajstić information content (AvgIpc) is 2.70. The number of halogens is 1. The Kier molecular flexibility index (Phi) is 7.36. The number of fused-ring (bicyclic) bond motifs is 1. The Morgan fingerprint density at radius 1 is 0.778 bits per heavy atom. The zero-order valence-electron chi connectivity index (χ0n) is 16.2. The predicted molar refractivity (Wildman–Crippen MR) is 110 cm³/mol. The molecular formula is C21H26ClNO4. The summed E-state index contributed by atoms with van der Waals surface area (Å²) in [5.74, 6) is 3.01. The van der Waals surface area contributed by atoms with Crippen LogP contribution in [-0.4, -0.2) is 40.7 Å². The van der Waals surface area contributed by atoms with E-state index in [-0.39, 0.29) is 12.4 Å². The third-order valence-corrected chi connectivity index (χ3v) is 4.70. The highest BCUT2D eigenvalue weighted by molar-refractivity contribution is 6.03. The van der Waals surface area contributed by atoms with E-state index >= 15 is 0 Å². The lowest BCUT2D eigenvalue weighted by Crippen LogP contribution is -2.14. The van der Waals surface area contributed by atoms with Crippen LogP contribution in [0.1, 0.15) is 23.1 Å². The molecule has 1 heterocycles. The summed E-state index contributed by atoms with van der Waals surface area (Å²) in [5.41, 5.74) is 4.73. The van der Waals surface area contributed by atoms with Crippen molar-refractivity contribution < 1.29 is 18.9 Å². The molecule has 0 bridgehead atoms. The maximum atomic E-state index is 5.46. The normalized spacial score (nSPS) is 12.4. The molecule has 0 saturated carbocycles. The summed E-state index contributed by atoms with van der Waals surface area (Å²) < 4.78 is 21.6. The van der Waals surface area contributed by atoms with Crippen molar-refractivity contribution in [2.45, 2.75) is 19.3 Å².